The maximum absolute atomic E-state index is 14.5. The number of fused-ring (bicyclic) bond motifs is 15. The van der Waals surface area contributed by atoms with E-state index in [0.717, 1.165) is 155 Å². The average molecular weight is 1400 g/mol. The number of benzene rings is 5. The average Bonchev–Trinajstić information content (AvgIpc) is 1.56. The standard InChI is InChI=1S/C31H33N7.C26H24N8.C25H24F2N6/c1-22-8-12-35(13-9-22)27-10-14-36(15-11-27)28-6-7-29-26(16-28)20-37-19-25(24-4-2-23(18-32)3-5-24)17-30(37)31-34-33-21-38(29)31;1-31-14-26(15-31)8-9-32(16-26)24-7-6-22-21(29-24)13-33-12-20(19-4-2-18(11-27)3-5-19)10-23(33)25-30-28-17-34(22)25;1-30(2)20-7-8-31(14-20)19-4-6-23-17(9-19)13-32-12-16(21-5-3-18(26)11-22(21)27)10-24(32)25-29-28-15-33(23)25/h2-7,16-17,19,21-22,27H,8-15,20H2,1H3;2-7,10,12,17H,8-9,13-16H2,1H3;3-6,9-12,15,20H,7-8,13-14H2,1-2H3/t;;20-/m..1/s1. The van der Waals surface area contributed by atoms with Gasteiger partial charge in [-0.3, -0.25) is 13.7 Å². The van der Waals surface area contributed by atoms with Crippen LogP contribution in [0.1, 0.15) is 73.4 Å². The van der Waals surface area contributed by atoms with Crippen LogP contribution in [0, 0.1) is 45.6 Å². The molecule has 5 aromatic carbocycles. The summed E-state index contributed by atoms with van der Waals surface area (Å²) in [6.07, 6.45) is 19.1. The van der Waals surface area contributed by atoms with Gasteiger partial charge in [-0.1, -0.05) is 31.2 Å². The van der Waals surface area contributed by atoms with Crippen LogP contribution in [-0.4, -0.2) is 176 Å². The first-order valence-corrected chi connectivity index (χ1v) is 36.6. The van der Waals surface area contributed by atoms with E-state index < -0.39 is 11.6 Å². The zero-order chi connectivity index (χ0) is 71.2. The number of hydrogen-bond acceptors (Lipinski definition) is 15. The molecular weight excluding hydrogens is 1320 g/mol. The molecule has 0 N–H and O–H groups in total. The van der Waals surface area contributed by atoms with Gasteiger partial charge in [-0.2, -0.15) is 10.5 Å². The molecule has 5 saturated heterocycles. The molecule has 12 aromatic rings. The molecule has 8 aliphatic rings. The van der Waals surface area contributed by atoms with Gasteiger partial charge in [0.05, 0.1) is 69.6 Å². The Morgan fingerprint density at radius 2 is 1.03 bits per heavy atom. The number of rotatable bonds is 8. The lowest BCUT2D eigenvalue weighted by Gasteiger charge is -2.46. The van der Waals surface area contributed by atoms with Crippen molar-refractivity contribution in [3.05, 3.63) is 211 Å². The smallest absolute Gasteiger partial charge is 0.185 e. The molecule has 0 unspecified atom stereocenters. The van der Waals surface area contributed by atoms with E-state index in [1.54, 1.807) is 12.7 Å². The van der Waals surface area contributed by atoms with Crippen LogP contribution in [0.4, 0.5) is 26.0 Å². The van der Waals surface area contributed by atoms with E-state index in [4.69, 9.17) is 15.5 Å². The summed E-state index contributed by atoms with van der Waals surface area (Å²) in [7, 11) is 6.47. The molecule has 1 atom stereocenters. The Kier molecular flexibility index (Phi) is 16.7. The summed E-state index contributed by atoms with van der Waals surface area (Å²) in [5.74, 6) is 3.14. The lowest BCUT2D eigenvalue weighted by Crippen LogP contribution is -2.55. The number of halogens is 2. The fourth-order valence-corrected chi connectivity index (χ4v) is 17.5. The van der Waals surface area contributed by atoms with Gasteiger partial charge in [0.25, 0.3) is 0 Å². The van der Waals surface area contributed by atoms with Gasteiger partial charge in [-0.25, -0.2) is 13.8 Å². The van der Waals surface area contributed by atoms with Crippen LogP contribution in [0.3, 0.4) is 0 Å². The molecule has 0 bridgehead atoms. The molecule has 528 valence electrons. The van der Waals surface area contributed by atoms with E-state index in [9.17, 15) is 8.78 Å². The monoisotopic (exact) mass is 1400 g/mol. The van der Waals surface area contributed by atoms with Crippen molar-refractivity contribution in [1.82, 2.24) is 77.7 Å². The third kappa shape index (κ3) is 12.3. The molecular formula is C82H81F2N21. The summed E-state index contributed by atoms with van der Waals surface area (Å²) >= 11 is 0. The number of likely N-dealkylation sites (tertiary alicyclic amines) is 2. The summed E-state index contributed by atoms with van der Waals surface area (Å²) in [5, 5.41) is 44.2. The number of piperidine rings is 2. The van der Waals surface area contributed by atoms with Crippen LogP contribution in [0.15, 0.2) is 171 Å². The Labute approximate surface area is 608 Å². The van der Waals surface area contributed by atoms with E-state index in [1.165, 1.54) is 87.4 Å². The third-order valence-electron chi connectivity index (χ3n) is 23.2. The molecule has 105 heavy (non-hydrogen) atoms. The Hall–Kier alpha value is -11.4. The van der Waals surface area contributed by atoms with Crippen LogP contribution in [0.5, 0.6) is 0 Å². The van der Waals surface area contributed by atoms with Crippen molar-refractivity contribution in [2.45, 2.75) is 77.2 Å². The molecule has 0 radical (unpaired) electrons. The molecule has 20 rings (SSSR count). The van der Waals surface area contributed by atoms with Gasteiger partial charge in [0.15, 0.2) is 17.5 Å². The Morgan fingerprint density at radius 1 is 0.505 bits per heavy atom. The molecule has 0 saturated carbocycles. The van der Waals surface area contributed by atoms with Crippen molar-refractivity contribution in [3.8, 4) is 97.1 Å². The number of nitrogens with zero attached hydrogens (tertiary/aromatic N) is 21. The minimum atomic E-state index is -0.586. The normalized spacial score (nSPS) is 17.9. The van der Waals surface area contributed by atoms with Crippen molar-refractivity contribution < 1.29 is 8.78 Å². The first kappa shape index (κ1) is 65.6. The van der Waals surface area contributed by atoms with Crippen LogP contribution in [-0.2, 0) is 19.6 Å². The summed E-state index contributed by atoms with van der Waals surface area (Å²) in [6.45, 7) is 15.8. The van der Waals surface area contributed by atoms with E-state index in [0.29, 0.717) is 52.6 Å². The van der Waals surface area contributed by atoms with Gasteiger partial charge in [-0.15, -0.1) is 30.6 Å². The predicted octanol–water partition coefficient (Wildman–Crippen LogP) is 12.7. The highest BCUT2D eigenvalue weighted by Crippen LogP contribution is 2.43. The van der Waals surface area contributed by atoms with Crippen LogP contribution < -0.4 is 14.7 Å². The number of nitriles is 2. The van der Waals surface area contributed by atoms with Crippen molar-refractivity contribution in [1.29, 1.82) is 10.5 Å². The molecule has 0 aliphatic carbocycles. The minimum absolute atomic E-state index is 0.365. The van der Waals surface area contributed by atoms with Gasteiger partial charge in [0.1, 0.15) is 36.4 Å². The fourth-order valence-electron chi connectivity index (χ4n) is 17.5. The summed E-state index contributed by atoms with van der Waals surface area (Å²) < 4.78 is 40.6. The van der Waals surface area contributed by atoms with Gasteiger partial charge < -0.3 is 43.1 Å². The second-order valence-electron chi connectivity index (χ2n) is 30.2. The van der Waals surface area contributed by atoms with Crippen molar-refractivity contribution in [2.75, 3.05) is 101 Å². The first-order valence-electron chi connectivity index (χ1n) is 36.6. The largest absolute Gasteiger partial charge is 0.371 e. The molecule has 0 amide bonds. The first-order chi connectivity index (χ1) is 51.2. The maximum atomic E-state index is 14.5. The van der Waals surface area contributed by atoms with E-state index in [-0.39, 0.29) is 0 Å². The number of aromatic nitrogens is 13. The van der Waals surface area contributed by atoms with E-state index >= 15 is 0 Å². The van der Waals surface area contributed by atoms with Crippen molar-refractivity contribution in [2.24, 2.45) is 11.3 Å². The Morgan fingerprint density at radius 3 is 1.57 bits per heavy atom. The lowest BCUT2D eigenvalue weighted by molar-refractivity contribution is 0.0424. The zero-order valence-electron chi connectivity index (χ0n) is 59.5. The summed E-state index contributed by atoms with van der Waals surface area (Å²) in [4.78, 5) is 20.0. The number of anilines is 3. The van der Waals surface area contributed by atoms with Gasteiger partial charge in [0.2, 0.25) is 0 Å². The number of hydrogen-bond donors (Lipinski definition) is 0. The molecule has 21 nitrogen and oxygen atoms in total. The molecule has 7 aromatic heterocycles. The molecule has 5 fully saturated rings. The molecule has 8 aliphatic heterocycles. The van der Waals surface area contributed by atoms with E-state index in [1.807, 2.05) is 76.3 Å². The quantitative estimate of drug-likeness (QED) is 0.140. The molecule has 23 heteroatoms. The van der Waals surface area contributed by atoms with Gasteiger partial charge in [0, 0.05) is 141 Å². The Balaban J connectivity index is 0.000000112. The van der Waals surface area contributed by atoms with Gasteiger partial charge in [-0.05, 0) is 204 Å². The highest BCUT2D eigenvalue weighted by molar-refractivity contribution is 5.76. The predicted molar refractivity (Wildman–Crippen MR) is 401 cm³/mol. The van der Waals surface area contributed by atoms with Crippen molar-refractivity contribution >= 4 is 17.2 Å². The minimum Gasteiger partial charge on any atom is -0.371 e. The SMILES string of the molecule is CC1CCN(C2CCN(c3ccc4c(c3)Cn3cc(-c5ccc(C#N)cc5)cc3-c3nncn3-4)CC2)CC1.CN(C)[C@@H]1CCN(c2ccc3c(c2)Cn2cc(-c4ccc(F)cc4F)cc2-c2nncn2-3)C1.CN1CC2(CCN(c3ccc4c(n3)Cn3cc(-c5ccc(C#N)cc5)cc3-c3nncn3-4)C2)C1. The van der Waals surface area contributed by atoms with E-state index in [2.05, 4.69) is 192 Å². The van der Waals surface area contributed by atoms with Crippen LogP contribution in [0.25, 0.3) is 85.0 Å². The maximum Gasteiger partial charge on any atom is 0.185 e. The fraction of sp³-hybridized carbons (Fsp3) is 0.329. The highest BCUT2D eigenvalue weighted by Gasteiger charge is 2.46. The second kappa shape index (κ2) is 26.7. The second-order valence-corrected chi connectivity index (χ2v) is 30.2. The molecule has 15 heterocycles. The molecule has 1 spiro atoms. The zero-order valence-corrected chi connectivity index (χ0v) is 59.5. The summed E-state index contributed by atoms with van der Waals surface area (Å²) in [5.41, 5.74) is 19.3. The van der Waals surface area contributed by atoms with Crippen LogP contribution >= 0.6 is 0 Å². The number of likely N-dealkylation sites (N-methyl/N-ethyl adjacent to an activating group) is 1. The lowest BCUT2D eigenvalue weighted by atomic mass is 9.79. The van der Waals surface area contributed by atoms with Gasteiger partial charge >= 0.3 is 0 Å². The summed E-state index contributed by atoms with van der Waals surface area (Å²) in [6, 6.07) is 48.8. The number of pyridine rings is 1. The topological polar surface area (TPSA) is 187 Å². The third-order valence-corrected chi connectivity index (χ3v) is 23.2. The van der Waals surface area contributed by atoms with Crippen LogP contribution in [0.2, 0.25) is 0 Å². The van der Waals surface area contributed by atoms with Crippen molar-refractivity contribution in [3.63, 3.8) is 0 Å². The highest BCUT2D eigenvalue weighted by atomic mass is 19.1. The Bertz CT molecular complexity index is 5340.